The van der Waals surface area contributed by atoms with Crippen molar-refractivity contribution in [3.63, 3.8) is 0 Å². The van der Waals surface area contributed by atoms with E-state index in [-0.39, 0.29) is 18.0 Å². The van der Waals surface area contributed by atoms with Gasteiger partial charge in [-0.05, 0) is 31.5 Å². The summed E-state index contributed by atoms with van der Waals surface area (Å²) in [6.07, 6.45) is 0. The number of hydrogen-bond acceptors (Lipinski definition) is 6. The Morgan fingerprint density at radius 3 is 2.46 bits per heavy atom. The molecule has 2 aromatic heterocycles. The molecule has 0 saturated carbocycles. The van der Waals surface area contributed by atoms with E-state index in [2.05, 4.69) is 15.0 Å². The Bertz CT molecular complexity index is 1450. The molecule has 0 atom stereocenters. The first-order chi connectivity index (χ1) is 17.0. The molecule has 9 nitrogen and oxygen atoms in total. The van der Waals surface area contributed by atoms with Gasteiger partial charge in [0.25, 0.3) is 5.56 Å². The fraction of sp³-hybridized carbons (Fsp3) is 0.308. The van der Waals surface area contributed by atoms with Gasteiger partial charge in [0.15, 0.2) is 5.82 Å². The maximum absolute atomic E-state index is 13.3. The molecular formula is C26H28N6O3. The number of hydrogen-bond donors (Lipinski definition) is 0. The van der Waals surface area contributed by atoms with Gasteiger partial charge >= 0.3 is 0 Å². The second kappa shape index (κ2) is 9.25. The van der Waals surface area contributed by atoms with Crippen LogP contribution in [0.4, 0.5) is 5.69 Å². The van der Waals surface area contributed by atoms with Crippen molar-refractivity contribution in [3.05, 3.63) is 76.2 Å². The van der Waals surface area contributed by atoms with Gasteiger partial charge in [0.1, 0.15) is 12.3 Å². The highest BCUT2D eigenvalue weighted by atomic mass is 16.5. The molecule has 0 aliphatic carbocycles. The number of nitrogens with zero attached hydrogens (tertiary/aromatic N) is 6. The molecule has 0 bridgehead atoms. The number of fused-ring (bicyclic) bond motifs is 1. The number of amides is 1. The highest BCUT2D eigenvalue weighted by molar-refractivity contribution is 5.77. The van der Waals surface area contributed by atoms with Crippen molar-refractivity contribution in [2.45, 2.75) is 20.4 Å². The monoisotopic (exact) mass is 472 g/mol. The van der Waals surface area contributed by atoms with Crippen molar-refractivity contribution in [1.29, 1.82) is 0 Å². The van der Waals surface area contributed by atoms with E-state index in [0.29, 0.717) is 43.5 Å². The van der Waals surface area contributed by atoms with Crippen LogP contribution in [0.2, 0.25) is 0 Å². The van der Waals surface area contributed by atoms with E-state index in [0.717, 1.165) is 22.6 Å². The third kappa shape index (κ3) is 4.25. The fourth-order valence-electron chi connectivity index (χ4n) is 4.56. The van der Waals surface area contributed by atoms with Gasteiger partial charge in [0.05, 0.1) is 12.8 Å². The average molecular weight is 473 g/mol. The van der Waals surface area contributed by atoms with E-state index in [1.54, 1.807) is 11.7 Å². The predicted molar refractivity (Wildman–Crippen MR) is 134 cm³/mol. The van der Waals surface area contributed by atoms with Crippen LogP contribution in [0.3, 0.4) is 0 Å². The lowest BCUT2D eigenvalue weighted by Crippen LogP contribution is -2.49. The molecule has 9 heteroatoms. The molecule has 180 valence electrons. The zero-order valence-electron chi connectivity index (χ0n) is 20.1. The van der Waals surface area contributed by atoms with E-state index in [9.17, 15) is 9.59 Å². The molecular weight excluding hydrogens is 444 g/mol. The van der Waals surface area contributed by atoms with Crippen molar-refractivity contribution >= 4 is 17.4 Å². The van der Waals surface area contributed by atoms with Gasteiger partial charge < -0.3 is 19.1 Å². The maximum Gasteiger partial charge on any atom is 0.275 e. The van der Waals surface area contributed by atoms with Crippen LogP contribution in [0.5, 0.6) is 5.75 Å². The Morgan fingerprint density at radius 1 is 1.00 bits per heavy atom. The van der Waals surface area contributed by atoms with E-state index >= 15 is 0 Å². The Morgan fingerprint density at radius 2 is 1.71 bits per heavy atom. The number of para-hydroxylation sites is 2. The van der Waals surface area contributed by atoms with Crippen LogP contribution >= 0.6 is 0 Å². The first kappa shape index (κ1) is 22.6. The number of methoxy groups -OCH3 is 1. The fourth-order valence-corrected chi connectivity index (χ4v) is 4.56. The summed E-state index contributed by atoms with van der Waals surface area (Å²) in [5.74, 6) is 1.65. The quantitative estimate of drug-likeness (QED) is 0.444. The van der Waals surface area contributed by atoms with Gasteiger partial charge in [-0.25, -0.2) is 0 Å². The van der Waals surface area contributed by atoms with E-state index in [1.807, 2.05) is 67.3 Å². The van der Waals surface area contributed by atoms with E-state index in [4.69, 9.17) is 4.74 Å². The lowest BCUT2D eigenvalue weighted by atomic mass is 10.1. The third-order valence-corrected chi connectivity index (χ3v) is 6.54. The molecule has 0 spiro atoms. The zero-order chi connectivity index (χ0) is 24.5. The number of rotatable bonds is 5. The molecule has 0 radical (unpaired) electrons. The predicted octanol–water partition coefficient (Wildman–Crippen LogP) is 2.53. The summed E-state index contributed by atoms with van der Waals surface area (Å²) >= 11 is 0. The molecule has 1 saturated heterocycles. The Hall–Kier alpha value is -4.14. The second-order valence-corrected chi connectivity index (χ2v) is 8.71. The molecule has 1 aliphatic rings. The van der Waals surface area contributed by atoms with E-state index < -0.39 is 0 Å². The summed E-state index contributed by atoms with van der Waals surface area (Å²) in [6, 6.07) is 17.2. The summed E-state index contributed by atoms with van der Waals surface area (Å²) < 4.78 is 8.54. The molecule has 4 aromatic rings. The lowest BCUT2D eigenvalue weighted by Gasteiger charge is -2.36. The number of carbonyl (C=O) groups excluding carboxylic acids is 1. The smallest absolute Gasteiger partial charge is 0.275 e. The number of benzene rings is 2. The number of ether oxygens (including phenoxy) is 1. The first-order valence-corrected chi connectivity index (χ1v) is 11.6. The van der Waals surface area contributed by atoms with Crippen LogP contribution in [0, 0.1) is 13.8 Å². The van der Waals surface area contributed by atoms with Crippen molar-refractivity contribution in [3.8, 4) is 17.1 Å². The Labute approximate surface area is 203 Å². The summed E-state index contributed by atoms with van der Waals surface area (Å²) in [4.78, 5) is 34.7. The van der Waals surface area contributed by atoms with Gasteiger partial charge in [-0.15, -0.1) is 5.10 Å². The molecule has 2 aromatic carbocycles. The molecule has 35 heavy (non-hydrogen) atoms. The van der Waals surface area contributed by atoms with Crippen LogP contribution in [0.25, 0.3) is 17.2 Å². The Balaban J connectivity index is 1.37. The molecule has 5 rings (SSSR count). The van der Waals surface area contributed by atoms with Crippen molar-refractivity contribution < 1.29 is 9.53 Å². The molecule has 1 fully saturated rings. The minimum absolute atomic E-state index is 0.0150. The highest BCUT2D eigenvalue weighted by Crippen LogP contribution is 2.28. The summed E-state index contributed by atoms with van der Waals surface area (Å²) in [5, 5.41) is 4.45. The van der Waals surface area contributed by atoms with Crippen molar-refractivity contribution in [1.82, 2.24) is 24.1 Å². The van der Waals surface area contributed by atoms with Crippen LogP contribution in [0.15, 0.2) is 59.4 Å². The van der Waals surface area contributed by atoms with Gasteiger partial charge in [-0.1, -0.05) is 36.4 Å². The minimum atomic E-state index is -0.265. The lowest BCUT2D eigenvalue weighted by molar-refractivity contribution is -0.132. The standard InChI is InChI=1S/C26H28N6O3/c1-18-8-4-5-9-20(18)25-27-26-31(19(2)16-23(33)32(26)28-25)17-24(34)30-14-12-29(13-15-30)21-10-6-7-11-22(21)35-3/h4-11,16H,12-15,17H2,1-3H3. The normalized spacial score (nSPS) is 13.9. The SMILES string of the molecule is COc1ccccc1N1CCN(C(=O)Cn2c(C)cc(=O)n3nc(-c4ccccc4C)nc23)CC1. The second-order valence-electron chi connectivity index (χ2n) is 8.71. The minimum Gasteiger partial charge on any atom is -0.495 e. The highest BCUT2D eigenvalue weighted by Gasteiger charge is 2.24. The van der Waals surface area contributed by atoms with Gasteiger partial charge in [0.2, 0.25) is 11.7 Å². The zero-order valence-corrected chi connectivity index (χ0v) is 20.1. The number of piperazine rings is 1. The maximum atomic E-state index is 13.3. The van der Waals surface area contributed by atoms with Crippen LogP contribution in [0.1, 0.15) is 11.3 Å². The van der Waals surface area contributed by atoms with Gasteiger partial charge in [-0.2, -0.15) is 9.50 Å². The number of aryl methyl sites for hydroxylation is 2. The molecule has 3 heterocycles. The summed E-state index contributed by atoms with van der Waals surface area (Å²) in [7, 11) is 1.67. The van der Waals surface area contributed by atoms with Crippen LogP contribution < -0.4 is 15.2 Å². The topological polar surface area (TPSA) is 85.0 Å². The van der Waals surface area contributed by atoms with Gasteiger partial charge in [-0.3, -0.25) is 9.59 Å². The molecule has 0 N–H and O–H groups in total. The number of carbonyl (C=O) groups is 1. The van der Waals surface area contributed by atoms with Gasteiger partial charge in [0, 0.05) is 43.5 Å². The van der Waals surface area contributed by atoms with Crippen molar-refractivity contribution in [2.75, 3.05) is 38.2 Å². The Kier molecular flexibility index (Phi) is 5.98. The van der Waals surface area contributed by atoms with E-state index in [1.165, 1.54) is 10.6 Å². The largest absolute Gasteiger partial charge is 0.495 e. The third-order valence-electron chi connectivity index (χ3n) is 6.54. The van der Waals surface area contributed by atoms with Crippen LogP contribution in [-0.4, -0.2) is 63.3 Å². The van der Waals surface area contributed by atoms with Crippen LogP contribution in [-0.2, 0) is 11.3 Å². The molecule has 0 unspecified atom stereocenters. The average Bonchev–Trinajstić information content (AvgIpc) is 3.32. The number of aromatic nitrogens is 4. The summed E-state index contributed by atoms with van der Waals surface area (Å²) in [6.45, 7) is 6.53. The number of anilines is 1. The first-order valence-electron chi connectivity index (χ1n) is 11.6. The molecule has 1 aliphatic heterocycles. The van der Waals surface area contributed by atoms with Crippen molar-refractivity contribution in [2.24, 2.45) is 0 Å². The molecule has 1 amide bonds. The summed E-state index contributed by atoms with van der Waals surface area (Å²) in [5.41, 5.74) is 3.32.